The SMILES string of the molecule is CC(C)(C)c1ccccc1NC(=O)C1(N)C2CCCOC2C1(C)C. The van der Waals surface area contributed by atoms with Gasteiger partial charge in [-0.05, 0) is 29.9 Å². The van der Waals surface area contributed by atoms with Gasteiger partial charge in [0.1, 0.15) is 5.54 Å². The van der Waals surface area contributed by atoms with E-state index in [2.05, 4.69) is 46.0 Å². The van der Waals surface area contributed by atoms with E-state index in [0.29, 0.717) is 0 Å². The zero-order chi connectivity index (χ0) is 17.8. The zero-order valence-corrected chi connectivity index (χ0v) is 15.5. The van der Waals surface area contributed by atoms with E-state index in [-0.39, 0.29) is 28.8 Å². The quantitative estimate of drug-likeness (QED) is 0.873. The molecule has 3 unspecified atom stereocenters. The predicted octanol–water partition coefficient (Wildman–Crippen LogP) is 3.46. The monoisotopic (exact) mass is 330 g/mol. The molecule has 3 rings (SSSR count). The highest BCUT2D eigenvalue weighted by Crippen LogP contribution is 2.57. The first-order chi connectivity index (χ1) is 11.1. The van der Waals surface area contributed by atoms with E-state index in [4.69, 9.17) is 10.5 Å². The Morgan fingerprint density at radius 2 is 1.96 bits per heavy atom. The van der Waals surface area contributed by atoms with Crippen LogP contribution in [0.3, 0.4) is 0 Å². The topological polar surface area (TPSA) is 64.4 Å². The van der Waals surface area contributed by atoms with E-state index < -0.39 is 5.54 Å². The van der Waals surface area contributed by atoms with Crippen LogP contribution in [0.1, 0.15) is 53.0 Å². The molecule has 1 amide bonds. The van der Waals surface area contributed by atoms with Gasteiger partial charge >= 0.3 is 0 Å². The lowest BCUT2D eigenvalue weighted by molar-refractivity contribution is -0.222. The first-order valence-corrected chi connectivity index (χ1v) is 8.91. The van der Waals surface area contributed by atoms with Crippen LogP contribution >= 0.6 is 0 Å². The van der Waals surface area contributed by atoms with Crippen molar-refractivity contribution < 1.29 is 9.53 Å². The molecule has 1 aliphatic heterocycles. The van der Waals surface area contributed by atoms with E-state index in [0.717, 1.165) is 30.7 Å². The summed E-state index contributed by atoms with van der Waals surface area (Å²) in [5.74, 6) is 0.0130. The van der Waals surface area contributed by atoms with Crippen LogP contribution in [0.15, 0.2) is 24.3 Å². The minimum atomic E-state index is -0.886. The van der Waals surface area contributed by atoms with Gasteiger partial charge in [0.05, 0.1) is 6.10 Å². The number of carbonyl (C=O) groups is 1. The number of ether oxygens (including phenoxy) is 1. The summed E-state index contributed by atoms with van der Waals surface area (Å²) in [4.78, 5) is 13.2. The average Bonchev–Trinajstić information content (AvgIpc) is 2.53. The summed E-state index contributed by atoms with van der Waals surface area (Å²) >= 11 is 0. The number of rotatable bonds is 2. The Morgan fingerprint density at radius 1 is 1.29 bits per heavy atom. The van der Waals surface area contributed by atoms with E-state index in [1.54, 1.807) is 0 Å². The van der Waals surface area contributed by atoms with Gasteiger partial charge in [-0.2, -0.15) is 0 Å². The first kappa shape index (κ1) is 17.4. The summed E-state index contributed by atoms with van der Waals surface area (Å²) < 4.78 is 5.91. The van der Waals surface area contributed by atoms with Crippen LogP contribution in [0.2, 0.25) is 0 Å². The largest absolute Gasteiger partial charge is 0.377 e. The molecule has 1 saturated heterocycles. The molecule has 2 aliphatic rings. The number of hydrogen-bond donors (Lipinski definition) is 2. The van der Waals surface area contributed by atoms with Crippen LogP contribution in [-0.4, -0.2) is 24.2 Å². The van der Waals surface area contributed by atoms with Crippen molar-refractivity contribution in [1.82, 2.24) is 0 Å². The molecule has 24 heavy (non-hydrogen) atoms. The smallest absolute Gasteiger partial charge is 0.245 e. The van der Waals surface area contributed by atoms with E-state index in [9.17, 15) is 4.79 Å². The summed E-state index contributed by atoms with van der Waals surface area (Å²) in [7, 11) is 0. The second kappa shape index (κ2) is 5.57. The normalized spacial score (nSPS) is 31.8. The summed E-state index contributed by atoms with van der Waals surface area (Å²) in [6.07, 6.45) is 2.01. The third-order valence-corrected chi connectivity index (χ3v) is 6.04. The standard InChI is InChI=1S/C20H30N2O2/c1-18(2,3)13-9-6-7-11-15(13)22-17(23)20(21)14-10-8-12-24-16(14)19(20,4)5/h6-7,9,11,14,16H,8,10,12,21H2,1-5H3,(H,22,23). The molecule has 0 bridgehead atoms. The van der Waals surface area contributed by atoms with E-state index in [1.165, 1.54) is 0 Å². The van der Waals surface area contributed by atoms with Gasteiger partial charge in [0.2, 0.25) is 5.91 Å². The molecule has 0 spiro atoms. The number of hydrogen-bond acceptors (Lipinski definition) is 3. The third kappa shape index (κ3) is 2.39. The number of amides is 1. The van der Waals surface area contributed by atoms with Crippen molar-refractivity contribution in [3.63, 3.8) is 0 Å². The number of carbonyl (C=O) groups excluding carboxylic acids is 1. The van der Waals surface area contributed by atoms with Crippen LogP contribution in [0, 0.1) is 11.3 Å². The molecular weight excluding hydrogens is 300 g/mol. The molecule has 1 aromatic carbocycles. The highest BCUT2D eigenvalue weighted by molar-refractivity contribution is 6.00. The van der Waals surface area contributed by atoms with Gasteiger partial charge in [0, 0.05) is 23.6 Å². The maximum atomic E-state index is 13.2. The van der Waals surface area contributed by atoms with E-state index >= 15 is 0 Å². The Morgan fingerprint density at radius 3 is 2.62 bits per heavy atom. The molecule has 1 saturated carbocycles. The van der Waals surface area contributed by atoms with Gasteiger partial charge in [-0.1, -0.05) is 52.8 Å². The number of nitrogens with two attached hydrogens (primary N) is 1. The minimum absolute atomic E-state index is 0.0444. The highest BCUT2D eigenvalue weighted by Gasteiger charge is 2.70. The molecule has 132 valence electrons. The van der Waals surface area contributed by atoms with Crippen LogP contribution in [0.25, 0.3) is 0 Å². The van der Waals surface area contributed by atoms with Gasteiger partial charge in [-0.3, -0.25) is 4.79 Å². The predicted molar refractivity (Wildman–Crippen MR) is 96.9 cm³/mol. The molecule has 4 heteroatoms. The number of anilines is 1. The summed E-state index contributed by atoms with van der Waals surface area (Å²) in [6, 6.07) is 7.98. The van der Waals surface area contributed by atoms with Crippen molar-refractivity contribution in [2.75, 3.05) is 11.9 Å². The fourth-order valence-corrected chi connectivity index (χ4v) is 4.51. The van der Waals surface area contributed by atoms with Crippen molar-refractivity contribution in [3.05, 3.63) is 29.8 Å². The van der Waals surface area contributed by atoms with Crippen molar-refractivity contribution in [1.29, 1.82) is 0 Å². The van der Waals surface area contributed by atoms with Crippen LogP contribution in [0.4, 0.5) is 5.69 Å². The molecule has 1 heterocycles. The molecule has 1 aliphatic carbocycles. The molecule has 0 radical (unpaired) electrons. The number of nitrogens with one attached hydrogen (secondary N) is 1. The fraction of sp³-hybridized carbons (Fsp3) is 0.650. The first-order valence-electron chi connectivity index (χ1n) is 8.91. The minimum Gasteiger partial charge on any atom is -0.377 e. The second-order valence-electron chi connectivity index (χ2n) is 8.88. The molecule has 4 nitrogen and oxygen atoms in total. The lowest BCUT2D eigenvalue weighted by Gasteiger charge is -2.65. The number of benzene rings is 1. The van der Waals surface area contributed by atoms with Crippen molar-refractivity contribution in [3.8, 4) is 0 Å². The van der Waals surface area contributed by atoms with Crippen LogP contribution < -0.4 is 11.1 Å². The molecule has 1 aromatic rings. The van der Waals surface area contributed by atoms with Crippen molar-refractivity contribution >= 4 is 11.6 Å². The Hall–Kier alpha value is -1.39. The van der Waals surface area contributed by atoms with Crippen molar-refractivity contribution in [2.45, 2.75) is 64.5 Å². The zero-order valence-electron chi connectivity index (χ0n) is 15.5. The van der Waals surface area contributed by atoms with E-state index in [1.807, 2.05) is 18.2 Å². The molecule has 2 fully saturated rings. The Balaban J connectivity index is 1.88. The Kier molecular flexibility index (Phi) is 4.04. The number of fused-ring (bicyclic) bond motifs is 1. The lowest BCUT2D eigenvalue weighted by atomic mass is 9.46. The molecule has 3 N–H and O–H groups in total. The lowest BCUT2D eigenvalue weighted by Crippen LogP contribution is -2.81. The number of para-hydroxylation sites is 1. The Bertz CT molecular complexity index is 647. The molecule has 0 aromatic heterocycles. The van der Waals surface area contributed by atoms with Gasteiger partial charge in [0.15, 0.2) is 0 Å². The summed E-state index contributed by atoms with van der Waals surface area (Å²) in [6.45, 7) is 11.3. The highest BCUT2D eigenvalue weighted by atomic mass is 16.5. The maximum absolute atomic E-state index is 13.2. The molecular formula is C20H30N2O2. The van der Waals surface area contributed by atoms with Crippen LogP contribution in [0.5, 0.6) is 0 Å². The molecule has 3 atom stereocenters. The van der Waals surface area contributed by atoms with Gasteiger partial charge in [-0.25, -0.2) is 0 Å². The second-order valence-corrected chi connectivity index (χ2v) is 8.88. The Labute approximate surface area is 145 Å². The average molecular weight is 330 g/mol. The summed E-state index contributed by atoms with van der Waals surface area (Å²) in [5, 5.41) is 3.13. The fourth-order valence-electron chi connectivity index (χ4n) is 4.51. The van der Waals surface area contributed by atoms with Crippen molar-refractivity contribution in [2.24, 2.45) is 17.1 Å². The third-order valence-electron chi connectivity index (χ3n) is 6.04. The van der Waals surface area contributed by atoms with Gasteiger partial charge in [0.25, 0.3) is 0 Å². The van der Waals surface area contributed by atoms with Gasteiger partial charge < -0.3 is 15.8 Å². The van der Waals surface area contributed by atoms with Crippen LogP contribution in [-0.2, 0) is 14.9 Å². The van der Waals surface area contributed by atoms with Gasteiger partial charge in [-0.15, -0.1) is 0 Å². The summed E-state index contributed by atoms with van der Waals surface area (Å²) in [5.41, 5.74) is 7.38. The maximum Gasteiger partial charge on any atom is 0.245 e.